The van der Waals surface area contributed by atoms with Gasteiger partial charge in [0.1, 0.15) is 5.75 Å². The van der Waals surface area contributed by atoms with Crippen LogP contribution in [-0.2, 0) is 17.6 Å². The molecule has 1 aromatic rings. The first-order valence-electron chi connectivity index (χ1n) is 5.15. The van der Waals surface area contributed by atoms with Crippen molar-refractivity contribution in [2.45, 2.75) is 25.7 Å². The summed E-state index contributed by atoms with van der Waals surface area (Å²) in [5.41, 5.74) is 2.65. The molecule has 0 fully saturated rings. The number of carbonyl (C=O) groups excluding carboxylic acids is 1. The van der Waals surface area contributed by atoms with Gasteiger partial charge in [0.15, 0.2) is 0 Å². The maximum atomic E-state index is 11.5. The number of phenolic OH excluding ortho intramolecular Hbond substituents is 1. The van der Waals surface area contributed by atoms with E-state index in [0.29, 0.717) is 5.56 Å². The number of rotatable bonds is 1. The number of phenols is 1. The van der Waals surface area contributed by atoms with Gasteiger partial charge in [-0.2, -0.15) is 0 Å². The molecule has 0 saturated heterocycles. The average molecular weight is 206 g/mol. The van der Waals surface area contributed by atoms with Crippen molar-refractivity contribution in [2.24, 2.45) is 0 Å². The summed E-state index contributed by atoms with van der Waals surface area (Å²) in [4.78, 5) is 11.5. The van der Waals surface area contributed by atoms with Gasteiger partial charge in [-0.25, -0.2) is 4.79 Å². The van der Waals surface area contributed by atoms with Crippen molar-refractivity contribution in [3.05, 3.63) is 28.8 Å². The maximum absolute atomic E-state index is 11.5. The Balaban J connectivity index is 2.52. The van der Waals surface area contributed by atoms with Gasteiger partial charge in [0, 0.05) is 0 Å². The second-order valence-electron chi connectivity index (χ2n) is 3.83. The lowest BCUT2D eigenvalue weighted by Gasteiger charge is -2.18. The van der Waals surface area contributed by atoms with Crippen LogP contribution < -0.4 is 0 Å². The highest BCUT2D eigenvalue weighted by atomic mass is 16.5. The van der Waals surface area contributed by atoms with Crippen LogP contribution in [0.4, 0.5) is 0 Å². The molecule has 0 aliphatic heterocycles. The van der Waals surface area contributed by atoms with Crippen molar-refractivity contribution >= 4 is 5.97 Å². The first-order chi connectivity index (χ1) is 7.22. The number of esters is 1. The van der Waals surface area contributed by atoms with E-state index in [-0.39, 0.29) is 11.7 Å². The second-order valence-corrected chi connectivity index (χ2v) is 3.83. The Morgan fingerprint density at radius 2 is 2.07 bits per heavy atom. The van der Waals surface area contributed by atoms with E-state index in [4.69, 9.17) is 4.74 Å². The molecule has 1 N–H and O–H groups in total. The van der Waals surface area contributed by atoms with Crippen LogP contribution in [0.2, 0.25) is 0 Å². The second kappa shape index (κ2) is 3.93. The minimum absolute atomic E-state index is 0.149. The zero-order valence-electron chi connectivity index (χ0n) is 8.75. The molecular weight excluding hydrogens is 192 g/mol. The summed E-state index contributed by atoms with van der Waals surface area (Å²) in [6.07, 6.45) is 4.06. The predicted octanol–water partition coefficient (Wildman–Crippen LogP) is 2.06. The first-order valence-corrected chi connectivity index (χ1v) is 5.15. The monoisotopic (exact) mass is 206 g/mol. The summed E-state index contributed by atoms with van der Waals surface area (Å²) in [6, 6.07) is 3.25. The first kappa shape index (κ1) is 10.0. The van der Waals surface area contributed by atoms with Crippen LogP contribution >= 0.6 is 0 Å². The SMILES string of the molecule is COC(=O)c1cc(O)cc2c1CCCC2. The van der Waals surface area contributed by atoms with E-state index < -0.39 is 0 Å². The van der Waals surface area contributed by atoms with Crippen molar-refractivity contribution in [3.63, 3.8) is 0 Å². The molecule has 0 amide bonds. The lowest BCUT2D eigenvalue weighted by Crippen LogP contribution is -2.11. The number of hydrogen-bond donors (Lipinski definition) is 1. The van der Waals surface area contributed by atoms with Crippen molar-refractivity contribution in [1.29, 1.82) is 0 Å². The van der Waals surface area contributed by atoms with E-state index in [2.05, 4.69) is 0 Å². The fourth-order valence-corrected chi connectivity index (χ4v) is 2.14. The van der Waals surface area contributed by atoms with Crippen molar-refractivity contribution in [2.75, 3.05) is 7.11 Å². The number of hydrogen-bond acceptors (Lipinski definition) is 3. The Morgan fingerprint density at radius 3 is 2.80 bits per heavy atom. The largest absolute Gasteiger partial charge is 0.508 e. The van der Waals surface area contributed by atoms with Crippen molar-refractivity contribution in [3.8, 4) is 5.75 Å². The van der Waals surface area contributed by atoms with Crippen LogP contribution in [0, 0.1) is 0 Å². The molecule has 1 aromatic carbocycles. The summed E-state index contributed by atoms with van der Waals surface area (Å²) in [6.45, 7) is 0. The smallest absolute Gasteiger partial charge is 0.338 e. The van der Waals surface area contributed by atoms with Crippen LogP contribution in [0.15, 0.2) is 12.1 Å². The Morgan fingerprint density at radius 1 is 1.33 bits per heavy atom. The van der Waals surface area contributed by atoms with Gasteiger partial charge in [-0.3, -0.25) is 0 Å². The Kier molecular flexibility index (Phi) is 2.62. The molecule has 0 bridgehead atoms. The number of aromatic hydroxyl groups is 1. The van der Waals surface area contributed by atoms with Crippen LogP contribution in [0.3, 0.4) is 0 Å². The summed E-state index contributed by atoms with van der Waals surface area (Å²) >= 11 is 0. The molecule has 0 radical (unpaired) electrons. The third kappa shape index (κ3) is 1.82. The summed E-state index contributed by atoms with van der Waals surface area (Å²) in [5, 5.41) is 9.51. The zero-order valence-corrected chi connectivity index (χ0v) is 8.75. The van der Waals surface area contributed by atoms with E-state index in [0.717, 1.165) is 36.8 Å². The quantitative estimate of drug-likeness (QED) is 0.715. The van der Waals surface area contributed by atoms with E-state index in [9.17, 15) is 9.90 Å². The van der Waals surface area contributed by atoms with Gasteiger partial charge in [0.25, 0.3) is 0 Å². The highest BCUT2D eigenvalue weighted by Crippen LogP contribution is 2.29. The molecule has 0 unspecified atom stereocenters. The number of methoxy groups -OCH3 is 1. The van der Waals surface area contributed by atoms with Gasteiger partial charge in [0.05, 0.1) is 12.7 Å². The zero-order chi connectivity index (χ0) is 10.8. The molecule has 2 rings (SSSR count). The van der Waals surface area contributed by atoms with Crippen molar-refractivity contribution < 1.29 is 14.6 Å². The Labute approximate surface area is 88.7 Å². The van der Waals surface area contributed by atoms with E-state index in [1.54, 1.807) is 6.07 Å². The van der Waals surface area contributed by atoms with Gasteiger partial charge >= 0.3 is 5.97 Å². The molecule has 1 aliphatic rings. The van der Waals surface area contributed by atoms with E-state index >= 15 is 0 Å². The molecule has 0 atom stereocenters. The van der Waals surface area contributed by atoms with Crippen molar-refractivity contribution in [1.82, 2.24) is 0 Å². The van der Waals surface area contributed by atoms with Gasteiger partial charge in [-0.1, -0.05) is 0 Å². The van der Waals surface area contributed by atoms with Crippen LogP contribution in [0.1, 0.15) is 34.3 Å². The highest BCUT2D eigenvalue weighted by molar-refractivity contribution is 5.92. The molecule has 3 nitrogen and oxygen atoms in total. The molecule has 1 aliphatic carbocycles. The standard InChI is InChI=1S/C12H14O3/c1-15-12(14)11-7-9(13)6-8-4-2-3-5-10(8)11/h6-7,13H,2-5H2,1H3. The number of carbonyl (C=O) groups is 1. The third-order valence-electron chi connectivity index (χ3n) is 2.86. The van der Waals surface area contributed by atoms with Gasteiger partial charge < -0.3 is 9.84 Å². The minimum Gasteiger partial charge on any atom is -0.508 e. The normalized spacial score (nSPS) is 14.5. The van der Waals surface area contributed by atoms with Crippen LogP contribution in [0.25, 0.3) is 0 Å². The maximum Gasteiger partial charge on any atom is 0.338 e. The number of benzene rings is 1. The molecule has 80 valence electrons. The highest BCUT2D eigenvalue weighted by Gasteiger charge is 2.19. The summed E-state index contributed by atoms with van der Waals surface area (Å²) in [7, 11) is 1.36. The molecule has 3 heteroatoms. The lowest BCUT2D eigenvalue weighted by molar-refractivity contribution is 0.0598. The summed E-state index contributed by atoms with van der Waals surface area (Å²) in [5.74, 6) is -0.208. The van der Waals surface area contributed by atoms with E-state index in [1.165, 1.54) is 13.2 Å². The molecule has 15 heavy (non-hydrogen) atoms. The lowest BCUT2D eigenvalue weighted by atomic mass is 9.88. The van der Waals surface area contributed by atoms with Crippen LogP contribution in [-0.4, -0.2) is 18.2 Å². The third-order valence-corrected chi connectivity index (χ3v) is 2.86. The average Bonchev–Trinajstić information content (AvgIpc) is 2.26. The van der Waals surface area contributed by atoms with Gasteiger partial charge in [0.2, 0.25) is 0 Å². The molecular formula is C12H14O3. The fourth-order valence-electron chi connectivity index (χ4n) is 2.14. The number of fused-ring (bicyclic) bond motifs is 1. The number of ether oxygens (including phenoxy) is 1. The van der Waals surface area contributed by atoms with Gasteiger partial charge in [-0.15, -0.1) is 0 Å². The molecule has 0 heterocycles. The fraction of sp³-hybridized carbons (Fsp3) is 0.417. The van der Waals surface area contributed by atoms with Gasteiger partial charge in [-0.05, 0) is 48.9 Å². The summed E-state index contributed by atoms with van der Waals surface area (Å²) < 4.78 is 4.71. The topological polar surface area (TPSA) is 46.5 Å². The number of aryl methyl sites for hydroxylation is 1. The predicted molar refractivity (Wildman–Crippen MR) is 56.1 cm³/mol. The molecule has 0 aromatic heterocycles. The van der Waals surface area contributed by atoms with Crippen LogP contribution in [0.5, 0.6) is 5.75 Å². The minimum atomic E-state index is -0.357. The van der Waals surface area contributed by atoms with E-state index in [1.807, 2.05) is 0 Å². The Hall–Kier alpha value is -1.51. The molecule has 0 saturated carbocycles. The molecule has 0 spiro atoms. The Bertz CT molecular complexity index is 396.